The van der Waals surface area contributed by atoms with Gasteiger partial charge >= 0.3 is 0 Å². The summed E-state index contributed by atoms with van der Waals surface area (Å²) in [5.74, 6) is 0. The maximum Gasteiger partial charge on any atom is 0.0785 e. The molecule has 0 aromatic heterocycles. The maximum atomic E-state index is 9.61. The lowest BCUT2D eigenvalue weighted by Gasteiger charge is -2.16. The maximum absolute atomic E-state index is 9.61. The molecule has 0 spiro atoms. The third-order valence-corrected chi connectivity index (χ3v) is 4.41. The molecule has 0 fully saturated rings. The van der Waals surface area contributed by atoms with E-state index in [1.807, 2.05) is 12.1 Å². The molecule has 0 radical (unpaired) electrons. The average Bonchev–Trinajstić information content (AvgIpc) is 2.73. The molecule has 1 aliphatic rings. The van der Waals surface area contributed by atoms with E-state index in [0.717, 1.165) is 28.9 Å². The van der Waals surface area contributed by atoms with E-state index in [0.29, 0.717) is 19.1 Å². The van der Waals surface area contributed by atoms with E-state index >= 15 is 0 Å². The molecule has 2 N–H and O–H groups in total. The zero-order valence-electron chi connectivity index (χ0n) is 11.0. The molecule has 0 heterocycles. The van der Waals surface area contributed by atoms with Gasteiger partial charge in [-0.1, -0.05) is 27.5 Å². The van der Waals surface area contributed by atoms with Crippen LogP contribution in [-0.2, 0) is 11.2 Å². The molecular weight excluding hydrogens is 330 g/mol. The normalized spacial score (nSPS) is 19.5. The van der Waals surface area contributed by atoms with Gasteiger partial charge in [-0.25, -0.2) is 0 Å². The van der Waals surface area contributed by atoms with Crippen molar-refractivity contribution in [1.82, 2.24) is 5.32 Å². The first-order chi connectivity index (χ1) is 9.11. The molecule has 2 rings (SSSR count). The van der Waals surface area contributed by atoms with Crippen LogP contribution in [0.1, 0.15) is 30.0 Å². The molecule has 0 aliphatic heterocycles. The van der Waals surface area contributed by atoms with Crippen molar-refractivity contribution in [2.24, 2.45) is 0 Å². The first kappa shape index (κ1) is 15.3. The third-order valence-electron chi connectivity index (χ3n) is 3.48. The summed E-state index contributed by atoms with van der Waals surface area (Å²) in [7, 11) is 1.60. The van der Waals surface area contributed by atoms with Crippen molar-refractivity contribution in [1.29, 1.82) is 0 Å². The van der Waals surface area contributed by atoms with Gasteiger partial charge in [0, 0.05) is 22.6 Å². The smallest absolute Gasteiger partial charge is 0.0785 e. The second kappa shape index (κ2) is 7.04. The van der Waals surface area contributed by atoms with Gasteiger partial charge in [-0.05, 0) is 49.1 Å². The van der Waals surface area contributed by atoms with E-state index in [2.05, 4.69) is 21.2 Å². The monoisotopic (exact) mass is 347 g/mol. The first-order valence-corrected chi connectivity index (χ1v) is 7.67. The highest BCUT2D eigenvalue weighted by Crippen LogP contribution is 2.37. The number of aliphatic hydroxyl groups excluding tert-OH is 1. The molecule has 2 unspecified atom stereocenters. The SMILES string of the molecule is COCC(O)CCNC1CCc2c(Br)cc(Cl)cc21. The fourth-order valence-electron chi connectivity index (χ4n) is 2.55. The average molecular weight is 349 g/mol. The number of nitrogens with one attached hydrogen (secondary N) is 1. The first-order valence-electron chi connectivity index (χ1n) is 6.50. The van der Waals surface area contributed by atoms with Crippen LogP contribution in [0.2, 0.25) is 5.02 Å². The summed E-state index contributed by atoms with van der Waals surface area (Å²) >= 11 is 9.67. The Hall–Kier alpha value is -0.130. The van der Waals surface area contributed by atoms with E-state index < -0.39 is 6.10 Å². The van der Waals surface area contributed by atoms with Crippen molar-refractivity contribution >= 4 is 27.5 Å². The number of hydrogen-bond acceptors (Lipinski definition) is 3. The van der Waals surface area contributed by atoms with Crippen LogP contribution in [-0.4, -0.2) is 31.5 Å². The Bertz CT molecular complexity index is 442. The lowest BCUT2D eigenvalue weighted by molar-refractivity contribution is 0.0590. The highest BCUT2D eigenvalue weighted by atomic mass is 79.9. The number of ether oxygens (including phenoxy) is 1. The van der Waals surface area contributed by atoms with E-state index in [-0.39, 0.29) is 0 Å². The number of fused-ring (bicyclic) bond motifs is 1. The van der Waals surface area contributed by atoms with Gasteiger partial charge in [-0.3, -0.25) is 0 Å². The minimum absolute atomic E-state index is 0.333. The molecule has 1 aromatic carbocycles. The Morgan fingerprint density at radius 2 is 2.37 bits per heavy atom. The van der Waals surface area contributed by atoms with Gasteiger partial charge in [0.2, 0.25) is 0 Å². The van der Waals surface area contributed by atoms with E-state index in [1.165, 1.54) is 11.1 Å². The van der Waals surface area contributed by atoms with Crippen molar-refractivity contribution < 1.29 is 9.84 Å². The lowest BCUT2D eigenvalue weighted by atomic mass is 10.1. The van der Waals surface area contributed by atoms with Crippen LogP contribution in [0.25, 0.3) is 0 Å². The zero-order chi connectivity index (χ0) is 13.8. The van der Waals surface area contributed by atoms with Gasteiger partial charge in [0.25, 0.3) is 0 Å². The summed E-state index contributed by atoms with van der Waals surface area (Å²) in [6, 6.07) is 4.32. The number of aliphatic hydroxyl groups is 1. The Morgan fingerprint density at radius 3 is 3.11 bits per heavy atom. The molecule has 0 saturated carbocycles. The highest BCUT2D eigenvalue weighted by Gasteiger charge is 2.24. The van der Waals surface area contributed by atoms with Crippen molar-refractivity contribution in [2.75, 3.05) is 20.3 Å². The molecule has 106 valence electrons. The Kier molecular flexibility index (Phi) is 5.66. The third kappa shape index (κ3) is 3.92. The van der Waals surface area contributed by atoms with Crippen LogP contribution in [0.3, 0.4) is 0 Å². The van der Waals surface area contributed by atoms with Gasteiger partial charge in [0.15, 0.2) is 0 Å². The van der Waals surface area contributed by atoms with E-state index in [9.17, 15) is 5.11 Å². The molecule has 19 heavy (non-hydrogen) atoms. The van der Waals surface area contributed by atoms with Crippen LogP contribution < -0.4 is 5.32 Å². The minimum Gasteiger partial charge on any atom is -0.391 e. The predicted octanol–water partition coefficient (Wildman–Crippen LogP) is 3.08. The van der Waals surface area contributed by atoms with Crippen molar-refractivity contribution in [3.63, 3.8) is 0 Å². The van der Waals surface area contributed by atoms with Gasteiger partial charge < -0.3 is 15.2 Å². The van der Waals surface area contributed by atoms with Crippen LogP contribution in [0.4, 0.5) is 0 Å². The van der Waals surface area contributed by atoms with Gasteiger partial charge in [-0.2, -0.15) is 0 Å². The number of benzene rings is 1. The molecule has 5 heteroatoms. The summed E-state index contributed by atoms with van der Waals surface area (Å²) in [5.41, 5.74) is 2.62. The fraction of sp³-hybridized carbons (Fsp3) is 0.571. The largest absolute Gasteiger partial charge is 0.391 e. The summed E-state index contributed by atoms with van der Waals surface area (Å²) in [6.45, 7) is 1.17. The van der Waals surface area contributed by atoms with Crippen LogP contribution in [0.5, 0.6) is 0 Å². The quantitative estimate of drug-likeness (QED) is 0.830. The molecule has 1 aliphatic carbocycles. The number of halogens is 2. The topological polar surface area (TPSA) is 41.5 Å². The van der Waals surface area contributed by atoms with E-state index in [1.54, 1.807) is 7.11 Å². The summed E-state index contributed by atoms with van der Waals surface area (Å²) in [5, 5.41) is 13.9. The molecule has 0 saturated heterocycles. The summed E-state index contributed by atoms with van der Waals surface area (Å²) < 4.78 is 6.01. The molecule has 2 atom stereocenters. The summed E-state index contributed by atoms with van der Waals surface area (Å²) in [4.78, 5) is 0. The number of rotatable bonds is 6. The standard InChI is InChI=1S/C14H19BrClNO2/c1-19-8-10(18)4-5-17-14-3-2-11-12(14)6-9(16)7-13(11)15/h6-7,10,14,17-18H,2-5,8H2,1H3. The Morgan fingerprint density at radius 1 is 1.58 bits per heavy atom. The highest BCUT2D eigenvalue weighted by molar-refractivity contribution is 9.10. The predicted molar refractivity (Wildman–Crippen MR) is 80.7 cm³/mol. The van der Waals surface area contributed by atoms with Crippen LogP contribution in [0, 0.1) is 0 Å². The number of hydrogen-bond donors (Lipinski definition) is 2. The molecule has 3 nitrogen and oxygen atoms in total. The summed E-state index contributed by atoms with van der Waals surface area (Å²) in [6.07, 6.45) is 2.44. The minimum atomic E-state index is -0.399. The van der Waals surface area contributed by atoms with Gasteiger partial charge in [0.1, 0.15) is 0 Å². The van der Waals surface area contributed by atoms with Crippen LogP contribution in [0.15, 0.2) is 16.6 Å². The Balaban J connectivity index is 1.92. The van der Waals surface area contributed by atoms with Crippen LogP contribution >= 0.6 is 27.5 Å². The Labute approximate surface area is 127 Å². The molecule has 0 amide bonds. The second-order valence-corrected chi connectivity index (χ2v) is 6.19. The zero-order valence-corrected chi connectivity index (χ0v) is 13.3. The molecule has 1 aromatic rings. The van der Waals surface area contributed by atoms with Gasteiger partial charge in [-0.15, -0.1) is 0 Å². The fourth-order valence-corrected chi connectivity index (χ4v) is 3.59. The van der Waals surface area contributed by atoms with E-state index in [4.69, 9.17) is 16.3 Å². The number of methoxy groups -OCH3 is 1. The molecule has 0 bridgehead atoms. The van der Waals surface area contributed by atoms with Crippen molar-refractivity contribution in [2.45, 2.75) is 31.4 Å². The van der Waals surface area contributed by atoms with Crippen molar-refractivity contribution in [3.05, 3.63) is 32.8 Å². The lowest BCUT2D eigenvalue weighted by Crippen LogP contribution is -2.25. The second-order valence-electron chi connectivity index (χ2n) is 4.90. The molecular formula is C14H19BrClNO2. The van der Waals surface area contributed by atoms with Gasteiger partial charge in [0.05, 0.1) is 12.7 Å². The van der Waals surface area contributed by atoms with Crippen molar-refractivity contribution in [3.8, 4) is 0 Å².